The molecule has 2 rings (SSSR count). The second kappa shape index (κ2) is 7.97. The minimum absolute atomic E-state index is 0.0310. The highest BCUT2D eigenvalue weighted by atomic mass is 35.5. The Bertz CT molecular complexity index is 631. The molecule has 3 nitrogen and oxygen atoms in total. The zero-order valence-corrected chi connectivity index (χ0v) is 14.9. The van der Waals surface area contributed by atoms with Crippen molar-refractivity contribution in [3.05, 3.63) is 56.2 Å². The van der Waals surface area contributed by atoms with Crippen LogP contribution >= 0.6 is 34.5 Å². The molecule has 0 saturated heterocycles. The van der Waals surface area contributed by atoms with Crippen molar-refractivity contribution in [3.63, 3.8) is 0 Å². The van der Waals surface area contributed by atoms with Crippen LogP contribution < -0.4 is 10.2 Å². The van der Waals surface area contributed by atoms with Gasteiger partial charge in [0.15, 0.2) is 6.54 Å². The van der Waals surface area contributed by atoms with E-state index in [9.17, 15) is 4.79 Å². The number of hydrogen-bond acceptors (Lipinski definition) is 2. The summed E-state index contributed by atoms with van der Waals surface area (Å²) < 4.78 is 0. The molecular formula is C16H19Cl2N2OS+. The normalized spacial score (nSPS) is 13.6. The highest BCUT2D eigenvalue weighted by Crippen LogP contribution is 2.20. The van der Waals surface area contributed by atoms with Gasteiger partial charge in [-0.2, -0.15) is 0 Å². The molecule has 0 radical (unpaired) electrons. The van der Waals surface area contributed by atoms with Crippen LogP contribution in [0.3, 0.4) is 0 Å². The molecule has 0 fully saturated rings. The van der Waals surface area contributed by atoms with Crippen LogP contribution in [0.2, 0.25) is 10.0 Å². The van der Waals surface area contributed by atoms with Gasteiger partial charge in [0, 0.05) is 15.5 Å². The number of hydrogen-bond donors (Lipinski definition) is 2. The van der Waals surface area contributed by atoms with Crippen molar-refractivity contribution in [1.82, 2.24) is 5.32 Å². The number of carbonyl (C=O) groups is 1. The lowest BCUT2D eigenvalue weighted by Crippen LogP contribution is -3.08. The van der Waals surface area contributed by atoms with Gasteiger partial charge in [0.05, 0.1) is 18.1 Å². The molecule has 22 heavy (non-hydrogen) atoms. The van der Waals surface area contributed by atoms with Gasteiger partial charge in [0.1, 0.15) is 6.54 Å². The molecule has 0 bridgehead atoms. The topological polar surface area (TPSA) is 33.5 Å². The van der Waals surface area contributed by atoms with E-state index in [1.54, 1.807) is 17.4 Å². The number of likely N-dealkylation sites (N-methyl/N-ethyl adjacent to an activating group) is 1. The fourth-order valence-corrected chi connectivity index (χ4v) is 3.44. The number of quaternary nitrogens is 1. The molecule has 0 saturated carbocycles. The third kappa shape index (κ3) is 4.99. The summed E-state index contributed by atoms with van der Waals surface area (Å²) >= 11 is 13.7. The molecule has 0 aliphatic heterocycles. The molecule has 1 aromatic heterocycles. The maximum absolute atomic E-state index is 12.1. The van der Waals surface area contributed by atoms with Crippen molar-refractivity contribution in [3.8, 4) is 0 Å². The zero-order valence-electron chi connectivity index (χ0n) is 12.5. The molecule has 1 heterocycles. The monoisotopic (exact) mass is 357 g/mol. The average molecular weight is 358 g/mol. The van der Waals surface area contributed by atoms with E-state index in [2.05, 4.69) is 5.32 Å². The Morgan fingerprint density at radius 1 is 1.36 bits per heavy atom. The second-order valence-electron chi connectivity index (χ2n) is 5.35. The smallest absolute Gasteiger partial charge is 0.275 e. The number of benzene rings is 1. The van der Waals surface area contributed by atoms with E-state index < -0.39 is 0 Å². The van der Waals surface area contributed by atoms with Gasteiger partial charge in [0.25, 0.3) is 5.91 Å². The number of thiophene rings is 1. The summed E-state index contributed by atoms with van der Waals surface area (Å²) in [4.78, 5) is 14.3. The first-order valence-electron chi connectivity index (χ1n) is 7.03. The Balaban J connectivity index is 1.86. The Hall–Kier alpha value is -1.07. The average Bonchev–Trinajstić information content (AvgIpc) is 2.95. The summed E-state index contributed by atoms with van der Waals surface area (Å²) in [5.74, 6) is 0.0310. The highest BCUT2D eigenvalue weighted by molar-refractivity contribution is 7.10. The summed E-state index contributed by atoms with van der Waals surface area (Å²) in [6.07, 6.45) is 0. The van der Waals surface area contributed by atoms with E-state index in [1.807, 2.05) is 43.6 Å². The highest BCUT2D eigenvalue weighted by Gasteiger charge is 2.15. The molecule has 1 aromatic carbocycles. The fourth-order valence-electron chi connectivity index (χ4n) is 2.23. The predicted molar refractivity (Wildman–Crippen MR) is 92.8 cm³/mol. The first-order chi connectivity index (χ1) is 10.5. The molecule has 0 aliphatic carbocycles. The van der Waals surface area contributed by atoms with Crippen LogP contribution in [0, 0.1) is 0 Å². The number of halogens is 2. The lowest BCUT2D eigenvalue weighted by molar-refractivity contribution is -0.885. The van der Waals surface area contributed by atoms with E-state index in [1.165, 1.54) is 0 Å². The van der Waals surface area contributed by atoms with Crippen molar-refractivity contribution in [2.24, 2.45) is 0 Å². The molecule has 2 N–H and O–H groups in total. The SMILES string of the molecule is C[C@@H](NC(=O)C[NH+](C)Cc1ccc(Cl)cc1Cl)c1cccs1. The summed E-state index contributed by atoms with van der Waals surface area (Å²) in [7, 11) is 1.97. The largest absolute Gasteiger partial charge is 0.344 e. The molecule has 0 spiro atoms. The van der Waals surface area contributed by atoms with E-state index in [0.29, 0.717) is 23.1 Å². The first-order valence-corrected chi connectivity index (χ1v) is 8.67. The van der Waals surface area contributed by atoms with Crippen molar-refractivity contribution >= 4 is 40.4 Å². The van der Waals surface area contributed by atoms with E-state index in [4.69, 9.17) is 23.2 Å². The Labute approximate surface area is 144 Å². The Morgan fingerprint density at radius 3 is 2.77 bits per heavy atom. The third-order valence-corrected chi connectivity index (χ3v) is 4.96. The number of rotatable bonds is 6. The molecular weight excluding hydrogens is 339 g/mol. The first kappa shape index (κ1) is 17.3. The third-order valence-electron chi connectivity index (χ3n) is 3.32. The number of nitrogens with one attached hydrogen (secondary N) is 2. The van der Waals surface area contributed by atoms with Crippen molar-refractivity contribution in [1.29, 1.82) is 0 Å². The zero-order chi connectivity index (χ0) is 16.1. The molecule has 1 unspecified atom stereocenters. The molecule has 118 valence electrons. The van der Waals surface area contributed by atoms with Crippen LogP contribution in [0.25, 0.3) is 0 Å². The minimum Gasteiger partial charge on any atom is -0.344 e. The van der Waals surface area contributed by atoms with Crippen LogP contribution in [0.1, 0.15) is 23.4 Å². The molecule has 6 heteroatoms. The molecule has 0 aliphatic rings. The van der Waals surface area contributed by atoms with Crippen LogP contribution in [0.15, 0.2) is 35.7 Å². The van der Waals surface area contributed by atoms with Gasteiger partial charge in [-0.3, -0.25) is 4.79 Å². The molecule has 2 aromatic rings. The molecule has 1 amide bonds. The lowest BCUT2D eigenvalue weighted by atomic mass is 10.2. The van der Waals surface area contributed by atoms with Gasteiger partial charge in [-0.25, -0.2) is 0 Å². The second-order valence-corrected chi connectivity index (χ2v) is 7.17. The summed E-state index contributed by atoms with van der Waals surface area (Å²) in [6, 6.07) is 9.50. The van der Waals surface area contributed by atoms with Crippen LogP contribution in [-0.2, 0) is 11.3 Å². The van der Waals surface area contributed by atoms with Gasteiger partial charge in [0.2, 0.25) is 0 Å². The van der Waals surface area contributed by atoms with Crippen molar-refractivity contribution < 1.29 is 9.69 Å². The van der Waals surface area contributed by atoms with E-state index in [-0.39, 0.29) is 11.9 Å². The minimum atomic E-state index is 0.0310. The quantitative estimate of drug-likeness (QED) is 0.818. The van der Waals surface area contributed by atoms with Crippen molar-refractivity contribution in [2.45, 2.75) is 19.5 Å². The van der Waals surface area contributed by atoms with Crippen molar-refractivity contribution in [2.75, 3.05) is 13.6 Å². The van der Waals surface area contributed by atoms with Crippen LogP contribution in [0.4, 0.5) is 0 Å². The van der Waals surface area contributed by atoms with Gasteiger partial charge in [-0.1, -0.05) is 35.3 Å². The predicted octanol–water partition coefficient (Wildman–Crippen LogP) is 2.95. The summed E-state index contributed by atoms with van der Waals surface area (Å²) in [5, 5.41) is 6.29. The van der Waals surface area contributed by atoms with Gasteiger partial charge in [-0.15, -0.1) is 11.3 Å². The van der Waals surface area contributed by atoms with Crippen LogP contribution in [-0.4, -0.2) is 19.5 Å². The van der Waals surface area contributed by atoms with Gasteiger partial charge < -0.3 is 10.2 Å². The number of carbonyl (C=O) groups excluding carboxylic acids is 1. The summed E-state index contributed by atoms with van der Waals surface area (Å²) in [6.45, 7) is 3.07. The lowest BCUT2D eigenvalue weighted by Gasteiger charge is -2.17. The van der Waals surface area contributed by atoms with Gasteiger partial charge in [-0.05, 0) is 30.5 Å². The van der Waals surface area contributed by atoms with E-state index >= 15 is 0 Å². The Kier molecular flexibility index (Phi) is 6.26. The maximum Gasteiger partial charge on any atom is 0.275 e. The summed E-state index contributed by atoms with van der Waals surface area (Å²) in [5.41, 5.74) is 0.989. The van der Waals surface area contributed by atoms with Gasteiger partial charge >= 0.3 is 0 Å². The fraction of sp³-hybridized carbons (Fsp3) is 0.312. The number of amides is 1. The van der Waals surface area contributed by atoms with Crippen LogP contribution in [0.5, 0.6) is 0 Å². The standard InChI is InChI=1S/C16H18Cl2N2OS/c1-11(15-4-3-7-22-15)19-16(21)10-20(2)9-12-5-6-13(17)8-14(12)18/h3-8,11H,9-10H2,1-2H3,(H,19,21)/p+1/t11-/m1/s1. The Morgan fingerprint density at radius 2 is 2.14 bits per heavy atom. The van der Waals surface area contributed by atoms with E-state index in [0.717, 1.165) is 15.3 Å². The maximum atomic E-state index is 12.1. The molecule has 2 atom stereocenters.